The van der Waals surface area contributed by atoms with Crippen molar-refractivity contribution in [2.24, 2.45) is 11.8 Å². The highest BCUT2D eigenvalue weighted by Crippen LogP contribution is 2.26. The number of hydrogen-bond donors (Lipinski definition) is 1. The van der Waals surface area contributed by atoms with Gasteiger partial charge in [-0.1, -0.05) is 56.3 Å². The molecule has 1 aromatic rings. The molecule has 0 unspecified atom stereocenters. The molecule has 16 heavy (non-hydrogen) atoms. The van der Waals surface area contributed by atoms with Crippen molar-refractivity contribution in [2.75, 3.05) is 0 Å². The quantitative estimate of drug-likeness (QED) is 0.717. The topological polar surface area (TPSA) is 29.1 Å². The van der Waals surface area contributed by atoms with E-state index in [0.717, 1.165) is 0 Å². The second-order valence-electron chi connectivity index (χ2n) is 4.43. The zero-order chi connectivity index (χ0) is 11.5. The fourth-order valence-corrected chi connectivity index (χ4v) is 2.00. The molecule has 1 N–H and O–H groups in total. The Labute approximate surface area is 96.4 Å². The molecule has 84 valence electrons. The summed E-state index contributed by atoms with van der Waals surface area (Å²) in [6.45, 7) is 4.05. The van der Waals surface area contributed by atoms with Crippen molar-refractivity contribution in [3.8, 4) is 0 Å². The van der Waals surface area contributed by atoms with E-state index in [2.05, 4.69) is 30.4 Å². The summed E-state index contributed by atoms with van der Waals surface area (Å²) in [7, 11) is 0. The minimum Gasteiger partial charge on any atom is -0.348 e. The Bertz CT molecular complexity index is 396. The van der Waals surface area contributed by atoms with Gasteiger partial charge in [0, 0.05) is 0 Å². The fourth-order valence-electron chi connectivity index (χ4n) is 2.00. The normalized spacial score (nSPS) is 29.6. The van der Waals surface area contributed by atoms with Gasteiger partial charge in [-0.2, -0.15) is 0 Å². The molecule has 2 nitrogen and oxygen atoms in total. The number of carbonyl (C=O) groups excluding carboxylic acids is 1. The number of benzene rings is 1. The Balaban J connectivity index is 2.28. The molecule has 2 rings (SSSR count). The molecule has 0 spiro atoms. The number of rotatable bonds is 1. The maximum Gasteiger partial charge on any atom is 0.227 e. The van der Waals surface area contributed by atoms with Crippen molar-refractivity contribution >= 4 is 5.91 Å². The van der Waals surface area contributed by atoms with Gasteiger partial charge in [-0.05, 0) is 11.5 Å². The lowest BCUT2D eigenvalue weighted by Crippen LogP contribution is -2.33. The molecule has 1 amide bonds. The van der Waals surface area contributed by atoms with Crippen molar-refractivity contribution < 1.29 is 4.79 Å². The summed E-state index contributed by atoms with van der Waals surface area (Å²) in [5, 5.41) is 3.09. The maximum absolute atomic E-state index is 11.8. The van der Waals surface area contributed by atoms with Crippen LogP contribution in [0.2, 0.25) is 0 Å². The van der Waals surface area contributed by atoms with E-state index < -0.39 is 0 Å². The smallest absolute Gasteiger partial charge is 0.227 e. The Morgan fingerprint density at radius 3 is 2.44 bits per heavy atom. The van der Waals surface area contributed by atoms with Gasteiger partial charge in [-0.25, -0.2) is 0 Å². The molecule has 0 bridgehead atoms. The van der Waals surface area contributed by atoms with Crippen LogP contribution >= 0.6 is 0 Å². The van der Waals surface area contributed by atoms with Crippen LogP contribution in [0.3, 0.4) is 0 Å². The average molecular weight is 215 g/mol. The minimum atomic E-state index is -0.0313. The van der Waals surface area contributed by atoms with E-state index in [0.29, 0.717) is 5.92 Å². The second-order valence-corrected chi connectivity index (χ2v) is 4.43. The molecule has 1 aromatic carbocycles. The van der Waals surface area contributed by atoms with Gasteiger partial charge in [-0.15, -0.1) is 0 Å². The summed E-state index contributed by atoms with van der Waals surface area (Å²) in [6.07, 6.45) is 4.11. The molecular formula is C14H17NO. The van der Waals surface area contributed by atoms with E-state index in [1.54, 1.807) is 0 Å². The van der Waals surface area contributed by atoms with Crippen LogP contribution in [0.1, 0.15) is 25.5 Å². The summed E-state index contributed by atoms with van der Waals surface area (Å²) in [5.41, 5.74) is 1.17. The van der Waals surface area contributed by atoms with Gasteiger partial charge in [0.25, 0.3) is 0 Å². The van der Waals surface area contributed by atoms with Crippen molar-refractivity contribution in [1.29, 1.82) is 0 Å². The largest absolute Gasteiger partial charge is 0.348 e. The molecule has 1 aliphatic rings. The van der Waals surface area contributed by atoms with E-state index in [1.165, 1.54) is 5.56 Å². The molecule has 0 aliphatic carbocycles. The maximum atomic E-state index is 11.8. The molecule has 0 fully saturated rings. The highest BCUT2D eigenvalue weighted by atomic mass is 16.1. The SMILES string of the molecule is C[C@@H]1C=C[C@H](C)C(=O)N[C@@H]1c1ccccc1. The van der Waals surface area contributed by atoms with Gasteiger partial charge in [0.05, 0.1) is 12.0 Å². The molecule has 0 radical (unpaired) electrons. The summed E-state index contributed by atoms with van der Waals surface area (Å²) >= 11 is 0. The summed E-state index contributed by atoms with van der Waals surface area (Å²) in [4.78, 5) is 11.8. The van der Waals surface area contributed by atoms with Crippen molar-refractivity contribution in [3.05, 3.63) is 48.0 Å². The van der Waals surface area contributed by atoms with Gasteiger partial charge < -0.3 is 5.32 Å². The number of carbonyl (C=O) groups is 1. The lowest BCUT2D eigenvalue weighted by atomic mass is 9.95. The van der Waals surface area contributed by atoms with Crippen molar-refractivity contribution in [2.45, 2.75) is 19.9 Å². The highest BCUT2D eigenvalue weighted by molar-refractivity contribution is 5.81. The first-order valence-electron chi connectivity index (χ1n) is 5.72. The lowest BCUT2D eigenvalue weighted by molar-refractivity contribution is -0.123. The van der Waals surface area contributed by atoms with Gasteiger partial charge in [0.2, 0.25) is 5.91 Å². The van der Waals surface area contributed by atoms with E-state index in [9.17, 15) is 4.79 Å². The Kier molecular flexibility index (Phi) is 3.09. The molecule has 3 atom stereocenters. The Morgan fingerprint density at radius 1 is 1.06 bits per heavy atom. The van der Waals surface area contributed by atoms with Gasteiger partial charge in [0.15, 0.2) is 0 Å². The third-order valence-corrected chi connectivity index (χ3v) is 3.10. The van der Waals surface area contributed by atoms with E-state index in [4.69, 9.17) is 0 Å². The first kappa shape index (κ1) is 10.9. The van der Waals surface area contributed by atoms with Gasteiger partial charge >= 0.3 is 0 Å². The van der Waals surface area contributed by atoms with Crippen LogP contribution in [-0.2, 0) is 4.79 Å². The summed E-state index contributed by atoms with van der Waals surface area (Å²) in [6, 6.07) is 10.2. The van der Waals surface area contributed by atoms with E-state index in [1.807, 2.05) is 31.2 Å². The highest BCUT2D eigenvalue weighted by Gasteiger charge is 2.24. The van der Waals surface area contributed by atoms with E-state index >= 15 is 0 Å². The van der Waals surface area contributed by atoms with Crippen LogP contribution in [-0.4, -0.2) is 5.91 Å². The van der Waals surface area contributed by atoms with Crippen LogP contribution in [0.5, 0.6) is 0 Å². The van der Waals surface area contributed by atoms with Crippen LogP contribution in [0.25, 0.3) is 0 Å². The zero-order valence-corrected chi connectivity index (χ0v) is 9.68. The number of hydrogen-bond acceptors (Lipinski definition) is 1. The lowest BCUT2D eigenvalue weighted by Gasteiger charge is -2.22. The second kappa shape index (κ2) is 4.52. The van der Waals surface area contributed by atoms with Crippen LogP contribution in [0.15, 0.2) is 42.5 Å². The molecule has 1 heterocycles. The predicted molar refractivity (Wildman–Crippen MR) is 64.8 cm³/mol. The standard InChI is InChI=1S/C14H17NO/c1-10-8-9-11(2)14(16)15-13(10)12-6-4-3-5-7-12/h3-11,13H,1-2H3,(H,15,16)/t10-,11+,13+/m1/s1. The molecule has 2 heteroatoms. The van der Waals surface area contributed by atoms with Crippen LogP contribution < -0.4 is 5.32 Å². The van der Waals surface area contributed by atoms with Crippen LogP contribution in [0, 0.1) is 11.8 Å². The van der Waals surface area contributed by atoms with Crippen molar-refractivity contribution in [1.82, 2.24) is 5.32 Å². The first-order valence-corrected chi connectivity index (χ1v) is 5.72. The van der Waals surface area contributed by atoms with Gasteiger partial charge in [-0.3, -0.25) is 4.79 Å². The number of amides is 1. The molecule has 0 saturated carbocycles. The molecular weight excluding hydrogens is 198 g/mol. The predicted octanol–water partition coefficient (Wildman–Crippen LogP) is 2.69. The summed E-state index contributed by atoms with van der Waals surface area (Å²) < 4.78 is 0. The molecule has 1 aliphatic heterocycles. The zero-order valence-electron chi connectivity index (χ0n) is 9.68. The minimum absolute atomic E-state index is 0.0313. The molecule has 0 saturated heterocycles. The van der Waals surface area contributed by atoms with Crippen molar-refractivity contribution in [3.63, 3.8) is 0 Å². The van der Waals surface area contributed by atoms with Crippen LogP contribution in [0.4, 0.5) is 0 Å². The number of nitrogens with one attached hydrogen (secondary N) is 1. The average Bonchev–Trinajstić information content (AvgIpc) is 2.44. The Morgan fingerprint density at radius 2 is 1.75 bits per heavy atom. The van der Waals surface area contributed by atoms with Gasteiger partial charge in [0.1, 0.15) is 0 Å². The van der Waals surface area contributed by atoms with E-state index in [-0.39, 0.29) is 17.9 Å². The fraction of sp³-hybridized carbons (Fsp3) is 0.357. The molecule has 0 aromatic heterocycles. The third kappa shape index (κ3) is 2.16. The Hall–Kier alpha value is -1.57. The first-order chi connectivity index (χ1) is 7.68. The summed E-state index contributed by atoms with van der Waals surface area (Å²) in [5.74, 6) is 0.405. The third-order valence-electron chi connectivity index (χ3n) is 3.10. The monoisotopic (exact) mass is 215 g/mol.